The van der Waals surface area contributed by atoms with E-state index in [2.05, 4.69) is 16.8 Å². The summed E-state index contributed by atoms with van der Waals surface area (Å²) in [4.78, 5) is 26.9. The normalized spacial score (nSPS) is 13.9. The largest absolute Gasteiger partial charge is 0.345 e. The van der Waals surface area contributed by atoms with Gasteiger partial charge in [0.1, 0.15) is 0 Å². The fraction of sp³-hybridized carbons (Fsp3) is 0.455. The van der Waals surface area contributed by atoms with Crippen LogP contribution in [0.2, 0.25) is 0 Å². The topological polar surface area (TPSA) is 54.3 Å². The van der Waals surface area contributed by atoms with Gasteiger partial charge in [0.15, 0.2) is 5.78 Å². The van der Waals surface area contributed by atoms with Gasteiger partial charge in [-0.1, -0.05) is 12.1 Å². The molecule has 144 valence electrons. The van der Waals surface area contributed by atoms with Gasteiger partial charge in [-0.25, -0.2) is 0 Å². The van der Waals surface area contributed by atoms with E-state index in [9.17, 15) is 9.59 Å². The highest BCUT2D eigenvalue weighted by Crippen LogP contribution is 2.38. The lowest BCUT2D eigenvalue weighted by atomic mass is 10.1. The predicted molar refractivity (Wildman–Crippen MR) is 109 cm³/mol. The van der Waals surface area contributed by atoms with E-state index in [0.717, 1.165) is 33.8 Å². The number of hydrogen-bond acceptors (Lipinski definition) is 3. The van der Waals surface area contributed by atoms with Crippen molar-refractivity contribution in [1.29, 1.82) is 0 Å². The molecule has 27 heavy (non-hydrogen) atoms. The van der Waals surface area contributed by atoms with Crippen LogP contribution >= 0.6 is 0 Å². The van der Waals surface area contributed by atoms with Crippen LogP contribution in [-0.2, 0) is 4.79 Å². The van der Waals surface area contributed by atoms with Gasteiger partial charge < -0.3 is 9.88 Å². The number of nitrogens with one attached hydrogen (secondary N) is 1. The Hall–Kier alpha value is -2.40. The van der Waals surface area contributed by atoms with E-state index in [1.165, 1.54) is 12.8 Å². The Labute approximate surface area is 161 Å². The number of aryl methyl sites for hydroxylation is 2. The SMILES string of the molecule is Cc1cccc(NC(=O)CN(C)CC(=O)c2cc(C)n(C3CC3)c2C)c1C. The molecule has 1 fully saturated rings. The van der Waals surface area contributed by atoms with E-state index < -0.39 is 0 Å². The van der Waals surface area contributed by atoms with Crippen LogP contribution in [-0.4, -0.2) is 41.3 Å². The molecule has 0 unspecified atom stereocenters. The van der Waals surface area contributed by atoms with Crippen LogP contribution in [0.25, 0.3) is 0 Å². The minimum Gasteiger partial charge on any atom is -0.345 e. The van der Waals surface area contributed by atoms with Crippen LogP contribution in [0.1, 0.15) is 51.8 Å². The Balaban J connectivity index is 1.59. The Bertz CT molecular complexity index is 878. The number of hydrogen-bond donors (Lipinski definition) is 1. The second kappa shape index (κ2) is 7.69. The van der Waals surface area contributed by atoms with E-state index in [-0.39, 0.29) is 24.8 Å². The first kappa shape index (κ1) is 19.4. The summed E-state index contributed by atoms with van der Waals surface area (Å²) < 4.78 is 2.28. The zero-order valence-electron chi connectivity index (χ0n) is 16.9. The number of nitrogens with zero attached hydrogens (tertiary/aromatic N) is 2. The number of carbonyl (C=O) groups is 2. The molecule has 1 aliphatic carbocycles. The van der Waals surface area contributed by atoms with E-state index in [1.54, 1.807) is 11.9 Å². The summed E-state index contributed by atoms with van der Waals surface area (Å²) in [6, 6.07) is 8.40. The summed E-state index contributed by atoms with van der Waals surface area (Å²) in [5.74, 6) is -0.0421. The van der Waals surface area contributed by atoms with Gasteiger partial charge in [0.2, 0.25) is 5.91 Å². The first-order valence-electron chi connectivity index (χ1n) is 9.54. The summed E-state index contributed by atoms with van der Waals surface area (Å²) in [5.41, 5.74) is 6.01. The predicted octanol–water partition coefficient (Wildman–Crippen LogP) is 3.81. The fourth-order valence-electron chi connectivity index (χ4n) is 3.66. The van der Waals surface area contributed by atoms with E-state index in [0.29, 0.717) is 6.04 Å². The average Bonchev–Trinajstić information content (AvgIpc) is 3.36. The fourth-order valence-corrected chi connectivity index (χ4v) is 3.66. The van der Waals surface area contributed by atoms with Gasteiger partial charge in [-0.15, -0.1) is 0 Å². The van der Waals surface area contributed by atoms with Crippen LogP contribution in [0.4, 0.5) is 5.69 Å². The summed E-state index contributed by atoms with van der Waals surface area (Å²) in [7, 11) is 1.81. The molecular weight excluding hydrogens is 338 g/mol. The second-order valence-electron chi connectivity index (χ2n) is 7.78. The van der Waals surface area contributed by atoms with Gasteiger partial charge in [0.25, 0.3) is 0 Å². The highest BCUT2D eigenvalue weighted by Gasteiger charge is 2.28. The van der Waals surface area contributed by atoms with Crippen molar-refractivity contribution in [2.75, 3.05) is 25.5 Å². The number of rotatable bonds is 7. The summed E-state index contributed by atoms with van der Waals surface area (Å²) >= 11 is 0. The van der Waals surface area contributed by atoms with E-state index in [1.807, 2.05) is 45.0 Å². The molecule has 1 saturated carbocycles. The number of aromatic nitrogens is 1. The molecule has 1 heterocycles. The molecule has 0 radical (unpaired) electrons. The molecule has 1 N–H and O–H groups in total. The number of amides is 1. The van der Waals surface area contributed by atoms with Crippen molar-refractivity contribution in [2.24, 2.45) is 0 Å². The summed E-state index contributed by atoms with van der Waals surface area (Å²) in [5, 5.41) is 2.95. The van der Waals surface area contributed by atoms with Gasteiger partial charge in [0.05, 0.1) is 13.1 Å². The number of likely N-dealkylation sites (N-methyl/N-ethyl adjacent to an activating group) is 1. The van der Waals surface area contributed by atoms with Crippen LogP contribution in [0.15, 0.2) is 24.3 Å². The van der Waals surface area contributed by atoms with Gasteiger partial charge in [-0.05, 0) is 70.8 Å². The van der Waals surface area contributed by atoms with Crippen LogP contribution in [0.3, 0.4) is 0 Å². The first-order chi connectivity index (χ1) is 12.8. The zero-order chi connectivity index (χ0) is 19.7. The lowest BCUT2D eigenvalue weighted by Crippen LogP contribution is -2.34. The molecule has 0 aliphatic heterocycles. The summed E-state index contributed by atoms with van der Waals surface area (Å²) in [6.07, 6.45) is 2.39. The standard InChI is InChI=1S/C22H29N3O2/c1-14-7-6-8-20(16(14)3)23-22(27)13-24(5)12-21(26)19-11-15(2)25(17(19)4)18-9-10-18/h6-8,11,18H,9-10,12-13H2,1-5H3,(H,23,27). The van der Waals surface area contributed by atoms with Gasteiger partial charge in [-0.2, -0.15) is 0 Å². The summed E-state index contributed by atoms with van der Waals surface area (Å²) in [6.45, 7) is 8.51. The van der Waals surface area contributed by atoms with Crippen molar-refractivity contribution in [1.82, 2.24) is 9.47 Å². The Kier molecular flexibility index (Phi) is 5.51. The molecule has 5 heteroatoms. The molecule has 1 amide bonds. The van der Waals surface area contributed by atoms with E-state index in [4.69, 9.17) is 0 Å². The smallest absolute Gasteiger partial charge is 0.238 e. The molecule has 0 spiro atoms. The van der Waals surface area contributed by atoms with Crippen molar-refractivity contribution in [2.45, 2.75) is 46.6 Å². The average molecular weight is 367 g/mol. The molecule has 5 nitrogen and oxygen atoms in total. The number of benzene rings is 1. The molecule has 0 bridgehead atoms. The third kappa shape index (κ3) is 4.30. The molecule has 3 rings (SSSR count). The van der Waals surface area contributed by atoms with E-state index >= 15 is 0 Å². The Morgan fingerprint density at radius 3 is 2.52 bits per heavy atom. The third-order valence-electron chi connectivity index (χ3n) is 5.40. The van der Waals surface area contributed by atoms with Gasteiger partial charge in [0, 0.05) is 28.7 Å². The Morgan fingerprint density at radius 2 is 1.85 bits per heavy atom. The lowest BCUT2D eigenvalue weighted by Gasteiger charge is -2.17. The third-order valence-corrected chi connectivity index (χ3v) is 5.40. The van der Waals surface area contributed by atoms with Crippen LogP contribution < -0.4 is 5.32 Å². The highest BCUT2D eigenvalue weighted by molar-refractivity contribution is 5.99. The van der Waals surface area contributed by atoms with Crippen molar-refractivity contribution < 1.29 is 9.59 Å². The Morgan fingerprint density at radius 1 is 1.15 bits per heavy atom. The maximum atomic E-state index is 12.7. The number of ketones is 1. The molecule has 0 saturated heterocycles. The van der Waals surface area contributed by atoms with Crippen LogP contribution in [0, 0.1) is 27.7 Å². The van der Waals surface area contributed by atoms with Gasteiger partial charge >= 0.3 is 0 Å². The van der Waals surface area contributed by atoms with Crippen molar-refractivity contribution in [3.63, 3.8) is 0 Å². The maximum Gasteiger partial charge on any atom is 0.238 e. The zero-order valence-corrected chi connectivity index (χ0v) is 16.9. The highest BCUT2D eigenvalue weighted by atomic mass is 16.2. The molecule has 0 atom stereocenters. The number of anilines is 1. The quantitative estimate of drug-likeness (QED) is 0.757. The minimum atomic E-state index is -0.109. The molecular formula is C22H29N3O2. The lowest BCUT2D eigenvalue weighted by molar-refractivity contribution is -0.116. The van der Waals surface area contributed by atoms with Crippen molar-refractivity contribution in [3.8, 4) is 0 Å². The monoisotopic (exact) mass is 367 g/mol. The number of carbonyl (C=O) groups excluding carboxylic acids is 2. The minimum absolute atomic E-state index is 0.0667. The van der Waals surface area contributed by atoms with Crippen molar-refractivity contribution >= 4 is 17.4 Å². The first-order valence-corrected chi connectivity index (χ1v) is 9.54. The molecule has 1 aromatic carbocycles. The molecule has 1 aromatic heterocycles. The second-order valence-corrected chi connectivity index (χ2v) is 7.78. The molecule has 1 aliphatic rings. The van der Waals surface area contributed by atoms with Crippen LogP contribution in [0.5, 0.6) is 0 Å². The van der Waals surface area contributed by atoms with Crippen molar-refractivity contribution in [3.05, 3.63) is 52.3 Å². The maximum absolute atomic E-state index is 12.7. The number of Topliss-reactive ketones (excluding diaryl/α,β-unsaturated/α-hetero) is 1. The molecule has 2 aromatic rings. The van der Waals surface area contributed by atoms with Gasteiger partial charge in [-0.3, -0.25) is 14.5 Å².